The standard InChI is InChI=1S/C12H14N2O5/c1-13(2)12(16)5-6-19-11-4-3-10(14(17)18)7-9(11)8-15/h3-4,7-8H,5-6H2,1-2H3. The van der Waals surface area contributed by atoms with Gasteiger partial charge in [0.05, 0.1) is 23.5 Å². The first-order valence-corrected chi connectivity index (χ1v) is 5.52. The molecule has 0 atom stereocenters. The molecule has 1 aromatic rings. The van der Waals surface area contributed by atoms with E-state index in [2.05, 4.69) is 0 Å². The lowest BCUT2D eigenvalue weighted by molar-refractivity contribution is -0.384. The zero-order valence-electron chi connectivity index (χ0n) is 10.7. The lowest BCUT2D eigenvalue weighted by Crippen LogP contribution is -2.23. The highest BCUT2D eigenvalue weighted by Crippen LogP contribution is 2.22. The third-order valence-corrected chi connectivity index (χ3v) is 2.40. The first-order chi connectivity index (χ1) is 8.95. The van der Waals surface area contributed by atoms with Crippen molar-refractivity contribution < 1.29 is 19.2 Å². The number of hydrogen-bond donors (Lipinski definition) is 0. The van der Waals surface area contributed by atoms with Gasteiger partial charge in [-0.05, 0) is 6.07 Å². The molecule has 0 aliphatic carbocycles. The van der Waals surface area contributed by atoms with Gasteiger partial charge in [0.1, 0.15) is 5.75 Å². The van der Waals surface area contributed by atoms with Crippen molar-refractivity contribution in [1.82, 2.24) is 4.90 Å². The molecule has 19 heavy (non-hydrogen) atoms. The Morgan fingerprint density at radius 1 is 1.47 bits per heavy atom. The van der Waals surface area contributed by atoms with E-state index in [1.807, 2.05) is 0 Å². The Bertz CT molecular complexity index is 499. The predicted molar refractivity (Wildman–Crippen MR) is 67.3 cm³/mol. The molecule has 0 aliphatic heterocycles. The Balaban J connectivity index is 2.71. The maximum atomic E-state index is 11.3. The van der Waals surface area contributed by atoms with E-state index < -0.39 is 4.92 Å². The molecule has 0 aliphatic rings. The van der Waals surface area contributed by atoms with Gasteiger partial charge in [-0.1, -0.05) is 0 Å². The van der Waals surface area contributed by atoms with Crippen molar-refractivity contribution in [1.29, 1.82) is 0 Å². The number of carbonyl (C=O) groups excluding carboxylic acids is 2. The van der Waals surface area contributed by atoms with Gasteiger partial charge in [-0.2, -0.15) is 0 Å². The van der Waals surface area contributed by atoms with Crippen molar-refractivity contribution in [2.24, 2.45) is 0 Å². The molecule has 0 aromatic heterocycles. The summed E-state index contributed by atoms with van der Waals surface area (Å²) in [6.07, 6.45) is 0.651. The highest BCUT2D eigenvalue weighted by Gasteiger charge is 2.12. The summed E-state index contributed by atoms with van der Waals surface area (Å²) in [6, 6.07) is 3.73. The topological polar surface area (TPSA) is 89.8 Å². The number of non-ortho nitro benzene ring substituents is 1. The highest BCUT2D eigenvalue weighted by molar-refractivity contribution is 5.80. The zero-order chi connectivity index (χ0) is 14.4. The fourth-order valence-electron chi connectivity index (χ4n) is 1.34. The van der Waals surface area contributed by atoms with Crippen LogP contribution in [0.15, 0.2) is 18.2 Å². The van der Waals surface area contributed by atoms with Crippen molar-refractivity contribution in [3.63, 3.8) is 0 Å². The Hall–Kier alpha value is -2.44. The van der Waals surface area contributed by atoms with Crippen LogP contribution in [-0.2, 0) is 4.79 Å². The minimum absolute atomic E-state index is 0.0894. The second-order valence-electron chi connectivity index (χ2n) is 3.98. The minimum atomic E-state index is -0.591. The summed E-state index contributed by atoms with van der Waals surface area (Å²) in [5.74, 6) is 0.127. The second kappa shape index (κ2) is 6.48. The highest BCUT2D eigenvalue weighted by atomic mass is 16.6. The van der Waals surface area contributed by atoms with Gasteiger partial charge in [0.15, 0.2) is 6.29 Å². The Labute approximate surface area is 109 Å². The SMILES string of the molecule is CN(C)C(=O)CCOc1ccc([N+](=O)[O-])cc1C=O. The molecule has 0 saturated carbocycles. The molecule has 1 amide bonds. The fraction of sp³-hybridized carbons (Fsp3) is 0.333. The van der Waals surface area contributed by atoms with Crippen molar-refractivity contribution in [3.05, 3.63) is 33.9 Å². The number of aldehydes is 1. The maximum Gasteiger partial charge on any atom is 0.270 e. The molecule has 0 saturated heterocycles. The van der Waals surface area contributed by atoms with Gasteiger partial charge < -0.3 is 9.64 Å². The van der Waals surface area contributed by atoms with Gasteiger partial charge in [0, 0.05) is 26.2 Å². The van der Waals surface area contributed by atoms with Crippen molar-refractivity contribution in [2.75, 3.05) is 20.7 Å². The Morgan fingerprint density at radius 3 is 2.68 bits per heavy atom. The zero-order valence-corrected chi connectivity index (χ0v) is 10.7. The first-order valence-electron chi connectivity index (χ1n) is 5.52. The van der Waals surface area contributed by atoms with E-state index in [1.54, 1.807) is 14.1 Å². The van der Waals surface area contributed by atoms with E-state index in [4.69, 9.17) is 4.74 Å². The first kappa shape index (κ1) is 14.6. The Morgan fingerprint density at radius 2 is 2.16 bits per heavy atom. The van der Waals surface area contributed by atoms with Crippen LogP contribution in [0.3, 0.4) is 0 Å². The number of nitro benzene ring substituents is 1. The molecule has 0 unspecified atom stereocenters. The van der Waals surface area contributed by atoms with Crippen molar-refractivity contribution >= 4 is 17.9 Å². The molecule has 0 N–H and O–H groups in total. The molecule has 102 valence electrons. The average Bonchev–Trinajstić information content (AvgIpc) is 2.38. The van der Waals surface area contributed by atoms with E-state index in [1.165, 1.54) is 17.0 Å². The van der Waals surface area contributed by atoms with Gasteiger partial charge in [-0.3, -0.25) is 19.7 Å². The minimum Gasteiger partial charge on any atom is -0.492 e. The second-order valence-corrected chi connectivity index (χ2v) is 3.98. The molecule has 0 fully saturated rings. The number of nitrogens with zero attached hydrogens (tertiary/aromatic N) is 2. The molecule has 0 bridgehead atoms. The molecule has 0 heterocycles. The van der Waals surface area contributed by atoms with Crippen LogP contribution in [0.4, 0.5) is 5.69 Å². The number of carbonyl (C=O) groups is 2. The van der Waals surface area contributed by atoms with E-state index in [9.17, 15) is 19.7 Å². The number of rotatable bonds is 6. The van der Waals surface area contributed by atoms with Crippen LogP contribution in [0.2, 0.25) is 0 Å². The summed E-state index contributed by atoms with van der Waals surface area (Å²) in [7, 11) is 3.26. The van der Waals surface area contributed by atoms with Gasteiger partial charge in [-0.25, -0.2) is 0 Å². The normalized spacial score (nSPS) is 9.79. The van der Waals surface area contributed by atoms with Crippen molar-refractivity contribution in [2.45, 2.75) is 6.42 Å². The summed E-state index contributed by atoms with van der Waals surface area (Å²) in [6.45, 7) is 0.107. The smallest absolute Gasteiger partial charge is 0.270 e. The van der Waals surface area contributed by atoms with Crippen LogP contribution in [-0.4, -0.2) is 42.7 Å². The molecular formula is C12H14N2O5. The lowest BCUT2D eigenvalue weighted by Gasteiger charge is -2.11. The molecule has 0 spiro atoms. The van der Waals surface area contributed by atoms with E-state index >= 15 is 0 Å². The summed E-state index contributed by atoms with van der Waals surface area (Å²) in [4.78, 5) is 33.5. The monoisotopic (exact) mass is 266 g/mol. The molecule has 7 nitrogen and oxygen atoms in total. The lowest BCUT2D eigenvalue weighted by atomic mass is 10.2. The third kappa shape index (κ3) is 4.06. The van der Waals surface area contributed by atoms with Gasteiger partial charge in [0.2, 0.25) is 5.91 Å². The molecular weight excluding hydrogens is 252 g/mol. The van der Waals surface area contributed by atoms with Gasteiger partial charge in [-0.15, -0.1) is 0 Å². The quantitative estimate of drug-likeness (QED) is 0.439. The van der Waals surface area contributed by atoms with Crippen LogP contribution in [0, 0.1) is 10.1 Å². The van der Waals surface area contributed by atoms with Crippen LogP contribution in [0.1, 0.15) is 16.8 Å². The molecule has 1 rings (SSSR count). The van der Waals surface area contributed by atoms with E-state index in [-0.39, 0.29) is 35.9 Å². The molecule has 0 radical (unpaired) electrons. The van der Waals surface area contributed by atoms with Gasteiger partial charge >= 0.3 is 0 Å². The number of amides is 1. The summed E-state index contributed by atoms with van der Waals surface area (Å²) in [5.41, 5.74) is -0.0923. The number of hydrogen-bond acceptors (Lipinski definition) is 5. The average molecular weight is 266 g/mol. The molecule has 7 heteroatoms. The maximum absolute atomic E-state index is 11.3. The predicted octanol–water partition coefficient (Wildman–Crippen LogP) is 1.26. The number of ether oxygens (including phenoxy) is 1. The van der Waals surface area contributed by atoms with Crippen LogP contribution >= 0.6 is 0 Å². The Kier molecular flexibility index (Phi) is 4.99. The van der Waals surface area contributed by atoms with Crippen LogP contribution < -0.4 is 4.74 Å². The van der Waals surface area contributed by atoms with Crippen molar-refractivity contribution in [3.8, 4) is 5.75 Å². The van der Waals surface area contributed by atoms with Crippen LogP contribution in [0.25, 0.3) is 0 Å². The summed E-state index contributed by atoms with van der Waals surface area (Å²) < 4.78 is 5.28. The number of nitro groups is 1. The van der Waals surface area contributed by atoms with E-state index in [0.717, 1.165) is 6.07 Å². The fourth-order valence-corrected chi connectivity index (χ4v) is 1.34. The van der Waals surface area contributed by atoms with Gasteiger partial charge in [0.25, 0.3) is 5.69 Å². The van der Waals surface area contributed by atoms with Crippen LogP contribution in [0.5, 0.6) is 5.75 Å². The third-order valence-electron chi connectivity index (χ3n) is 2.40. The summed E-state index contributed by atoms with van der Waals surface area (Å²) in [5, 5.41) is 10.6. The van der Waals surface area contributed by atoms with E-state index in [0.29, 0.717) is 6.29 Å². The largest absolute Gasteiger partial charge is 0.492 e. The number of benzene rings is 1. The summed E-state index contributed by atoms with van der Waals surface area (Å²) >= 11 is 0. The molecule has 1 aromatic carbocycles.